The zero-order valence-electron chi connectivity index (χ0n) is 22.3. The maximum atomic E-state index is 13.7. The Morgan fingerprint density at radius 3 is 2.57 bits per heavy atom. The van der Waals surface area contributed by atoms with Crippen molar-refractivity contribution in [1.82, 2.24) is 14.9 Å². The molecule has 0 bridgehead atoms. The Kier molecular flexibility index (Phi) is 7.71. The Balaban J connectivity index is 1.62. The predicted molar refractivity (Wildman–Crippen MR) is 136 cm³/mol. The van der Waals surface area contributed by atoms with Crippen LogP contribution in [0, 0.1) is 5.92 Å². The van der Waals surface area contributed by atoms with Gasteiger partial charge in [0.1, 0.15) is 23.8 Å². The number of rotatable bonds is 6. The Morgan fingerprint density at radius 2 is 1.95 bits per heavy atom. The minimum atomic E-state index is -3.80. The maximum absolute atomic E-state index is 13.7. The van der Waals surface area contributed by atoms with Gasteiger partial charge in [-0.3, -0.25) is 4.79 Å². The van der Waals surface area contributed by atoms with Gasteiger partial charge in [0.25, 0.3) is 5.91 Å². The van der Waals surface area contributed by atoms with E-state index in [0.717, 1.165) is 11.3 Å². The minimum absolute atomic E-state index is 0.0208. The van der Waals surface area contributed by atoms with E-state index in [4.69, 9.17) is 9.72 Å². The second-order valence-electron chi connectivity index (χ2n) is 11.8. The number of carbonyl (C=O) groups is 1. The summed E-state index contributed by atoms with van der Waals surface area (Å²) in [4.78, 5) is 17.4. The molecule has 1 saturated heterocycles. The number of sulfonamides is 1. The molecule has 2 fully saturated rings. The molecule has 8 nitrogen and oxygen atoms in total. The van der Waals surface area contributed by atoms with Crippen molar-refractivity contribution in [2.75, 3.05) is 19.7 Å². The van der Waals surface area contributed by atoms with Crippen LogP contribution in [-0.2, 0) is 31.5 Å². The molecule has 2 unspecified atom stereocenters. The van der Waals surface area contributed by atoms with Gasteiger partial charge >= 0.3 is 10.0 Å². The molecule has 37 heavy (non-hydrogen) atoms. The van der Waals surface area contributed by atoms with Gasteiger partial charge in [0.2, 0.25) is 5.92 Å². The number of amides is 1. The van der Waals surface area contributed by atoms with Gasteiger partial charge in [-0.05, 0) is 50.8 Å². The number of quaternary nitrogens is 1. The van der Waals surface area contributed by atoms with Crippen LogP contribution >= 0.6 is 0 Å². The summed E-state index contributed by atoms with van der Waals surface area (Å²) >= 11 is 0. The summed E-state index contributed by atoms with van der Waals surface area (Å²) in [5.74, 6) is -1.97. The first-order valence-corrected chi connectivity index (χ1v) is 14.6. The highest BCUT2D eigenvalue weighted by atomic mass is 32.2. The van der Waals surface area contributed by atoms with Crippen LogP contribution in [0.3, 0.4) is 0 Å². The fourth-order valence-electron chi connectivity index (χ4n) is 5.21. The highest BCUT2D eigenvalue weighted by Crippen LogP contribution is 2.38. The zero-order valence-corrected chi connectivity index (χ0v) is 23.1. The predicted octanol–water partition coefficient (Wildman–Crippen LogP) is 2.66. The third-order valence-electron chi connectivity index (χ3n) is 7.19. The van der Waals surface area contributed by atoms with Crippen LogP contribution in [0.1, 0.15) is 66.1 Å². The number of alkyl halides is 2. The summed E-state index contributed by atoms with van der Waals surface area (Å²) in [5, 5.41) is 2.78. The van der Waals surface area contributed by atoms with Crippen molar-refractivity contribution in [3.8, 4) is 0 Å². The van der Waals surface area contributed by atoms with E-state index in [1.807, 2.05) is 34.6 Å². The van der Waals surface area contributed by atoms with Gasteiger partial charge < -0.3 is 14.6 Å². The van der Waals surface area contributed by atoms with Gasteiger partial charge in [0.05, 0.1) is 17.6 Å². The van der Waals surface area contributed by atoms with E-state index < -0.39 is 22.0 Å². The number of hydrogen-bond donors (Lipinski definition) is 2. The van der Waals surface area contributed by atoms with E-state index in [-0.39, 0.29) is 65.0 Å². The number of halogens is 2. The van der Waals surface area contributed by atoms with Crippen LogP contribution in [-0.4, -0.2) is 61.6 Å². The molecule has 1 aromatic carbocycles. The Bertz CT molecular complexity index is 1240. The maximum Gasteiger partial charge on any atom is 0.325 e. The van der Waals surface area contributed by atoms with Gasteiger partial charge in [-0.2, -0.15) is 8.42 Å². The molecule has 1 aliphatic heterocycles. The highest BCUT2D eigenvalue weighted by molar-refractivity contribution is 7.85. The standard InChI is InChI=1S/C26H38F2N4O4S/c1-17(2)29-23(33)22-16-31(12-13-36-22)37(34,35)19-6-7-21-20(14-19)30-24(25(3,4)5)32(21)15-18-8-10-26(27,28)11-9-18/h6-7,14,17-18,22H,8-13,15-16H2,1-5H3,(H,29,33)/p+1. The molecule has 1 amide bonds. The molecule has 1 aromatic heterocycles. The summed E-state index contributed by atoms with van der Waals surface area (Å²) in [6.45, 7) is 10.8. The van der Waals surface area contributed by atoms with Crippen LogP contribution in [0.5, 0.6) is 0 Å². The molecule has 2 aromatic rings. The summed E-state index contributed by atoms with van der Waals surface area (Å²) < 4.78 is 62.4. The van der Waals surface area contributed by atoms with Gasteiger partial charge in [-0.1, -0.05) is 20.8 Å². The second-order valence-corrected chi connectivity index (χ2v) is 13.8. The Hall–Kier alpha value is -2.11. The van der Waals surface area contributed by atoms with Crippen molar-refractivity contribution < 1.29 is 31.0 Å². The number of morpholine rings is 1. The quantitative estimate of drug-likeness (QED) is 0.587. The minimum Gasteiger partial charge on any atom is -0.356 e. The number of nitrogens with zero attached hydrogens (tertiary/aromatic N) is 2. The fraction of sp³-hybridized carbons (Fsp3) is 0.692. The van der Waals surface area contributed by atoms with E-state index in [0.29, 0.717) is 24.9 Å². The lowest BCUT2D eigenvalue weighted by molar-refractivity contribution is -0.782. The number of carbonyl (C=O) groups excluding carboxylic acids is 1. The van der Waals surface area contributed by atoms with Crippen LogP contribution in [0.25, 0.3) is 11.0 Å². The average molecular weight is 542 g/mol. The lowest BCUT2D eigenvalue weighted by Crippen LogP contribution is -3.16. The summed E-state index contributed by atoms with van der Waals surface area (Å²) in [6.07, 6.45) is -0.130. The van der Waals surface area contributed by atoms with Crippen molar-refractivity contribution in [2.45, 2.75) is 95.2 Å². The third-order valence-corrected chi connectivity index (χ3v) is 9.20. The first-order chi connectivity index (χ1) is 17.2. The zero-order chi connectivity index (χ0) is 27.2. The molecule has 2 aliphatic rings. The van der Waals surface area contributed by atoms with E-state index in [1.54, 1.807) is 18.2 Å². The van der Waals surface area contributed by atoms with E-state index in [9.17, 15) is 22.0 Å². The molecule has 0 radical (unpaired) electrons. The van der Waals surface area contributed by atoms with Crippen LogP contribution in [0.15, 0.2) is 23.1 Å². The van der Waals surface area contributed by atoms with E-state index >= 15 is 0 Å². The molecule has 1 saturated carbocycles. The molecular weight excluding hydrogens is 502 g/mol. The van der Waals surface area contributed by atoms with Gasteiger partial charge in [-0.25, -0.2) is 18.1 Å². The van der Waals surface area contributed by atoms with Crippen LogP contribution < -0.4 is 9.62 Å². The van der Waals surface area contributed by atoms with Crippen molar-refractivity contribution in [2.24, 2.45) is 5.92 Å². The number of aromatic nitrogens is 2. The lowest BCUT2D eigenvalue weighted by atomic mass is 9.86. The molecule has 11 heteroatoms. The van der Waals surface area contributed by atoms with Gasteiger partial charge in [0, 0.05) is 30.8 Å². The fourth-order valence-corrected chi connectivity index (χ4v) is 6.78. The number of imidazole rings is 1. The highest BCUT2D eigenvalue weighted by Gasteiger charge is 2.39. The Labute approximate surface area is 217 Å². The molecule has 2 N–H and O–H groups in total. The molecule has 0 spiro atoms. The number of hydrogen-bond acceptors (Lipinski definition) is 5. The van der Waals surface area contributed by atoms with Crippen molar-refractivity contribution in [3.63, 3.8) is 0 Å². The average Bonchev–Trinajstić information content (AvgIpc) is 3.18. The van der Waals surface area contributed by atoms with Crippen LogP contribution in [0.4, 0.5) is 8.78 Å². The summed E-state index contributed by atoms with van der Waals surface area (Å²) in [5.41, 5.74) is 1.05. The normalized spacial score (nSPS) is 23.5. The van der Waals surface area contributed by atoms with Crippen molar-refractivity contribution >= 4 is 27.0 Å². The van der Waals surface area contributed by atoms with Gasteiger partial charge in [0.15, 0.2) is 6.10 Å². The van der Waals surface area contributed by atoms with Crippen LogP contribution in [0.2, 0.25) is 0 Å². The Morgan fingerprint density at radius 1 is 1.27 bits per heavy atom. The molecule has 2 heterocycles. The van der Waals surface area contributed by atoms with E-state index in [2.05, 4.69) is 9.88 Å². The van der Waals surface area contributed by atoms with Gasteiger partial charge in [-0.15, -0.1) is 0 Å². The molecule has 4 rings (SSSR count). The molecule has 206 valence electrons. The van der Waals surface area contributed by atoms with Crippen molar-refractivity contribution in [3.05, 3.63) is 24.0 Å². The third kappa shape index (κ3) is 6.15. The number of fused-ring (bicyclic) bond motifs is 1. The summed E-state index contributed by atoms with van der Waals surface area (Å²) in [6, 6.07) is 4.88. The SMILES string of the molecule is CC(C)NC(=O)C1C[NH+](S(=O)(=O)c2ccc3c(c2)nc(C(C)(C)C)n3CC2CCC(F)(F)CC2)CCO1. The topological polar surface area (TPSA) is 94.7 Å². The first-order valence-electron chi connectivity index (χ1n) is 13.1. The summed E-state index contributed by atoms with van der Waals surface area (Å²) in [7, 11) is -3.80. The smallest absolute Gasteiger partial charge is 0.325 e. The molecule has 2 atom stereocenters. The number of benzene rings is 1. The first kappa shape index (κ1) is 27.9. The van der Waals surface area contributed by atoms with E-state index in [1.165, 1.54) is 0 Å². The molecule has 1 aliphatic carbocycles. The molecular formula is C26H39F2N4O4S+. The number of ether oxygens (including phenoxy) is 1. The second kappa shape index (κ2) is 10.2. The lowest BCUT2D eigenvalue weighted by Gasteiger charge is -2.30. The van der Waals surface area contributed by atoms with Crippen molar-refractivity contribution in [1.29, 1.82) is 0 Å². The largest absolute Gasteiger partial charge is 0.356 e. The monoisotopic (exact) mass is 541 g/mol. The number of nitrogens with one attached hydrogen (secondary N) is 2.